The molecule has 0 unspecified atom stereocenters. The summed E-state index contributed by atoms with van der Waals surface area (Å²) in [6.45, 7) is 4.06. The molecule has 4 heteroatoms. The largest absolute Gasteiger partial charge is 0.383 e. The number of rotatable bonds is 2. The second-order valence-electron chi connectivity index (χ2n) is 4.49. The lowest BCUT2D eigenvalue weighted by atomic mass is 10.1. The SMILES string of the molecule is Cc1ccc(SC(=S)N=C(N)c2ccccc2C)cc1. The van der Waals surface area contributed by atoms with Crippen LogP contribution >= 0.6 is 24.0 Å². The highest BCUT2D eigenvalue weighted by Gasteiger charge is 2.04. The van der Waals surface area contributed by atoms with Crippen molar-refractivity contribution in [3.63, 3.8) is 0 Å². The third-order valence-corrected chi connectivity index (χ3v) is 3.97. The van der Waals surface area contributed by atoms with Gasteiger partial charge in [0.25, 0.3) is 0 Å². The Morgan fingerprint density at radius 3 is 2.35 bits per heavy atom. The monoisotopic (exact) mass is 300 g/mol. The predicted molar refractivity (Wildman–Crippen MR) is 91.5 cm³/mol. The minimum atomic E-state index is 0.465. The molecule has 2 aromatic rings. The number of nitrogens with zero attached hydrogens (tertiary/aromatic N) is 1. The lowest BCUT2D eigenvalue weighted by molar-refractivity contribution is 1.38. The van der Waals surface area contributed by atoms with E-state index in [1.165, 1.54) is 17.3 Å². The van der Waals surface area contributed by atoms with Gasteiger partial charge in [0.1, 0.15) is 5.84 Å². The summed E-state index contributed by atoms with van der Waals surface area (Å²) in [5.41, 5.74) is 9.27. The van der Waals surface area contributed by atoms with Crippen LogP contribution in [-0.2, 0) is 0 Å². The average Bonchev–Trinajstić information content (AvgIpc) is 2.41. The summed E-state index contributed by atoms with van der Waals surface area (Å²) in [4.78, 5) is 5.39. The van der Waals surface area contributed by atoms with Crippen LogP contribution in [0.4, 0.5) is 0 Å². The van der Waals surface area contributed by atoms with Crippen molar-refractivity contribution in [1.29, 1.82) is 0 Å². The standard InChI is InChI=1S/C16H16N2S2/c1-11-7-9-13(10-8-11)20-16(19)18-15(17)14-6-4-3-5-12(14)2/h3-10H,1-2H3,(H2,17,18,19). The van der Waals surface area contributed by atoms with E-state index >= 15 is 0 Å². The van der Waals surface area contributed by atoms with Gasteiger partial charge in [0.15, 0.2) is 4.32 Å². The minimum Gasteiger partial charge on any atom is -0.383 e. The molecule has 0 spiro atoms. The number of benzene rings is 2. The van der Waals surface area contributed by atoms with Crippen LogP contribution in [0.15, 0.2) is 58.4 Å². The Kier molecular flexibility index (Phi) is 4.93. The van der Waals surface area contributed by atoms with Crippen LogP contribution < -0.4 is 5.73 Å². The number of aryl methyl sites for hydroxylation is 2. The average molecular weight is 300 g/mol. The number of hydrogen-bond donors (Lipinski definition) is 1. The van der Waals surface area contributed by atoms with E-state index in [9.17, 15) is 0 Å². The normalized spacial score (nSPS) is 11.4. The van der Waals surface area contributed by atoms with Crippen molar-refractivity contribution in [3.8, 4) is 0 Å². The molecule has 0 aliphatic rings. The molecule has 20 heavy (non-hydrogen) atoms. The third kappa shape index (κ3) is 3.92. The van der Waals surface area contributed by atoms with Gasteiger partial charge in [-0.15, -0.1) is 0 Å². The summed E-state index contributed by atoms with van der Waals surface area (Å²) in [5.74, 6) is 0.465. The Morgan fingerprint density at radius 2 is 1.70 bits per heavy atom. The van der Waals surface area contributed by atoms with Crippen molar-refractivity contribution in [2.45, 2.75) is 18.7 Å². The van der Waals surface area contributed by atoms with E-state index in [1.807, 2.05) is 43.3 Å². The summed E-state index contributed by atoms with van der Waals surface area (Å²) in [7, 11) is 0. The maximum absolute atomic E-state index is 6.02. The highest BCUT2D eigenvalue weighted by atomic mass is 32.2. The highest BCUT2D eigenvalue weighted by Crippen LogP contribution is 2.21. The zero-order valence-corrected chi connectivity index (χ0v) is 13.1. The van der Waals surface area contributed by atoms with E-state index in [2.05, 4.69) is 24.0 Å². The topological polar surface area (TPSA) is 38.4 Å². The first-order valence-electron chi connectivity index (χ1n) is 6.25. The van der Waals surface area contributed by atoms with Gasteiger partial charge in [0.05, 0.1) is 0 Å². The molecule has 2 N–H and O–H groups in total. The van der Waals surface area contributed by atoms with Crippen LogP contribution in [0.2, 0.25) is 0 Å². The molecule has 0 aliphatic heterocycles. The molecule has 0 amide bonds. The quantitative estimate of drug-likeness (QED) is 0.393. The number of nitrogens with two attached hydrogens (primary N) is 1. The fraction of sp³-hybridized carbons (Fsp3) is 0.125. The molecule has 0 saturated heterocycles. The number of aliphatic imine (C=N–C) groups is 1. The molecule has 0 heterocycles. The van der Waals surface area contributed by atoms with Gasteiger partial charge >= 0.3 is 0 Å². The first-order chi connectivity index (χ1) is 9.56. The zero-order valence-electron chi connectivity index (χ0n) is 11.5. The molecule has 0 aromatic heterocycles. The second-order valence-corrected chi connectivity index (χ2v) is 6.20. The predicted octanol–water partition coefficient (Wildman–Crippen LogP) is 4.09. The Hall–Kier alpha value is -1.65. The van der Waals surface area contributed by atoms with E-state index in [1.54, 1.807) is 0 Å². The van der Waals surface area contributed by atoms with Gasteiger partial charge in [-0.25, -0.2) is 4.99 Å². The first-order valence-corrected chi connectivity index (χ1v) is 7.47. The summed E-state index contributed by atoms with van der Waals surface area (Å²) in [5, 5.41) is 0. The fourth-order valence-corrected chi connectivity index (χ4v) is 2.75. The molecule has 102 valence electrons. The van der Waals surface area contributed by atoms with Gasteiger partial charge in [-0.2, -0.15) is 0 Å². The fourth-order valence-electron chi connectivity index (χ4n) is 1.75. The zero-order chi connectivity index (χ0) is 14.5. The van der Waals surface area contributed by atoms with Crippen molar-refractivity contribution >= 4 is 34.1 Å². The van der Waals surface area contributed by atoms with E-state index < -0.39 is 0 Å². The Balaban J connectivity index is 2.12. The van der Waals surface area contributed by atoms with Gasteiger partial charge in [-0.05, 0) is 31.5 Å². The molecule has 2 aromatic carbocycles. The smallest absolute Gasteiger partial charge is 0.166 e. The minimum absolute atomic E-state index is 0.465. The van der Waals surface area contributed by atoms with Crippen LogP contribution in [0.3, 0.4) is 0 Å². The molecular weight excluding hydrogens is 284 g/mol. The van der Waals surface area contributed by atoms with Gasteiger partial charge in [-0.3, -0.25) is 0 Å². The molecule has 0 aliphatic carbocycles. The summed E-state index contributed by atoms with van der Waals surface area (Å²) < 4.78 is 0.523. The molecule has 2 nitrogen and oxygen atoms in total. The third-order valence-electron chi connectivity index (χ3n) is 2.86. The first kappa shape index (κ1) is 14.8. The van der Waals surface area contributed by atoms with Crippen LogP contribution in [0.1, 0.15) is 16.7 Å². The summed E-state index contributed by atoms with van der Waals surface area (Å²) in [6, 6.07) is 16.1. The van der Waals surface area contributed by atoms with E-state index in [0.29, 0.717) is 10.2 Å². The van der Waals surface area contributed by atoms with Crippen LogP contribution in [0, 0.1) is 13.8 Å². The highest BCUT2D eigenvalue weighted by molar-refractivity contribution is 8.23. The molecular formula is C16H16N2S2. The van der Waals surface area contributed by atoms with Crippen molar-refractivity contribution in [2.75, 3.05) is 0 Å². The van der Waals surface area contributed by atoms with Crippen LogP contribution in [-0.4, -0.2) is 10.2 Å². The number of thiocarbonyl (C=S) groups is 1. The van der Waals surface area contributed by atoms with Gasteiger partial charge in [0.2, 0.25) is 0 Å². The Bertz CT molecular complexity index is 646. The number of amidine groups is 1. The van der Waals surface area contributed by atoms with Crippen LogP contribution in [0.5, 0.6) is 0 Å². The van der Waals surface area contributed by atoms with Gasteiger partial charge < -0.3 is 5.73 Å². The van der Waals surface area contributed by atoms with Gasteiger partial charge in [-0.1, -0.05) is 65.9 Å². The molecule has 0 atom stereocenters. The lowest BCUT2D eigenvalue weighted by Gasteiger charge is -2.05. The molecule has 2 rings (SSSR count). The van der Waals surface area contributed by atoms with Crippen molar-refractivity contribution in [3.05, 3.63) is 65.2 Å². The van der Waals surface area contributed by atoms with E-state index in [4.69, 9.17) is 18.0 Å². The molecule has 0 radical (unpaired) electrons. The maximum Gasteiger partial charge on any atom is 0.166 e. The summed E-state index contributed by atoms with van der Waals surface area (Å²) in [6.07, 6.45) is 0. The van der Waals surface area contributed by atoms with Gasteiger partial charge in [0, 0.05) is 10.5 Å². The second kappa shape index (κ2) is 6.68. The Morgan fingerprint density at radius 1 is 1.05 bits per heavy atom. The van der Waals surface area contributed by atoms with Crippen molar-refractivity contribution < 1.29 is 0 Å². The van der Waals surface area contributed by atoms with E-state index in [0.717, 1.165) is 16.0 Å². The maximum atomic E-state index is 6.02. The molecule has 0 bridgehead atoms. The lowest BCUT2D eigenvalue weighted by Crippen LogP contribution is -2.15. The van der Waals surface area contributed by atoms with Crippen molar-refractivity contribution in [2.24, 2.45) is 10.7 Å². The summed E-state index contributed by atoms with van der Waals surface area (Å²) >= 11 is 6.73. The molecule has 0 fully saturated rings. The molecule has 0 saturated carbocycles. The van der Waals surface area contributed by atoms with Crippen molar-refractivity contribution in [1.82, 2.24) is 0 Å². The Labute approximate surface area is 129 Å². The van der Waals surface area contributed by atoms with E-state index in [-0.39, 0.29) is 0 Å². The number of thioether (sulfide) groups is 1. The van der Waals surface area contributed by atoms with Crippen LogP contribution in [0.25, 0.3) is 0 Å². The number of hydrogen-bond acceptors (Lipinski definition) is 2.